The van der Waals surface area contributed by atoms with Crippen molar-refractivity contribution in [3.8, 4) is 10.4 Å². The summed E-state index contributed by atoms with van der Waals surface area (Å²) in [5.41, 5.74) is 1.68. The van der Waals surface area contributed by atoms with Gasteiger partial charge in [-0.25, -0.2) is 13.4 Å². The number of aromatic nitrogens is 2. The number of hydrogen-bond acceptors (Lipinski definition) is 6. The summed E-state index contributed by atoms with van der Waals surface area (Å²) >= 11 is 1.48. The van der Waals surface area contributed by atoms with Crippen LogP contribution in [0.4, 0.5) is 0 Å². The van der Waals surface area contributed by atoms with Crippen molar-refractivity contribution >= 4 is 37.3 Å². The summed E-state index contributed by atoms with van der Waals surface area (Å²) in [6, 6.07) is 9.65. The highest BCUT2D eigenvalue weighted by Crippen LogP contribution is 2.35. The Labute approximate surface area is 197 Å². The first-order valence-electron chi connectivity index (χ1n) is 11.4. The largest absolute Gasteiger partial charge is 0.334 e. The second-order valence-corrected chi connectivity index (χ2v) is 12.3. The zero-order valence-electron chi connectivity index (χ0n) is 18.6. The predicted octanol–water partition coefficient (Wildman–Crippen LogP) is 3.39. The quantitative estimate of drug-likeness (QED) is 0.553. The number of hydrogen-bond donors (Lipinski definition) is 0. The molecule has 2 fully saturated rings. The number of rotatable bonds is 5. The fourth-order valence-electron chi connectivity index (χ4n) is 5.25. The third-order valence-electron chi connectivity index (χ3n) is 6.87. The molecule has 0 bridgehead atoms. The lowest BCUT2D eigenvalue weighted by atomic mass is 10.1. The maximum atomic E-state index is 13.4. The van der Waals surface area contributed by atoms with E-state index in [0.717, 1.165) is 41.7 Å². The van der Waals surface area contributed by atoms with E-state index in [1.54, 1.807) is 4.90 Å². The summed E-state index contributed by atoms with van der Waals surface area (Å²) < 4.78 is 25.6. The third-order valence-corrected chi connectivity index (χ3v) is 9.87. The smallest absolute Gasteiger partial charge is 0.262 e. The average Bonchev–Trinajstić information content (AvgIpc) is 3.51. The van der Waals surface area contributed by atoms with E-state index in [0.29, 0.717) is 16.6 Å². The topological polar surface area (TPSA) is 89.3 Å². The van der Waals surface area contributed by atoms with E-state index < -0.39 is 9.84 Å². The van der Waals surface area contributed by atoms with Crippen molar-refractivity contribution in [2.75, 3.05) is 11.5 Å². The minimum atomic E-state index is -3.12. The second kappa shape index (κ2) is 8.68. The molecule has 9 heteroatoms. The predicted molar refractivity (Wildman–Crippen MR) is 130 cm³/mol. The number of nitrogens with zero attached hydrogens (tertiary/aromatic N) is 3. The lowest BCUT2D eigenvalue weighted by Gasteiger charge is -2.34. The zero-order chi connectivity index (χ0) is 23.2. The number of thiophene rings is 1. The monoisotopic (exact) mass is 485 g/mol. The summed E-state index contributed by atoms with van der Waals surface area (Å²) in [6.45, 7) is 1.80. The Kier molecular flexibility index (Phi) is 5.86. The van der Waals surface area contributed by atoms with Gasteiger partial charge in [0.05, 0.1) is 23.2 Å². The van der Waals surface area contributed by atoms with Gasteiger partial charge >= 0.3 is 0 Å². The van der Waals surface area contributed by atoms with Crippen LogP contribution in [0.25, 0.3) is 20.7 Å². The number of fused-ring (bicyclic) bond motifs is 1. The van der Waals surface area contributed by atoms with Gasteiger partial charge in [0.1, 0.15) is 11.4 Å². The van der Waals surface area contributed by atoms with E-state index in [1.165, 1.54) is 22.2 Å². The second-order valence-electron chi connectivity index (χ2n) is 9.08. The van der Waals surface area contributed by atoms with Gasteiger partial charge < -0.3 is 4.90 Å². The Balaban J connectivity index is 1.47. The van der Waals surface area contributed by atoms with Crippen molar-refractivity contribution in [2.24, 2.45) is 0 Å². The van der Waals surface area contributed by atoms with Crippen LogP contribution < -0.4 is 5.56 Å². The van der Waals surface area contributed by atoms with E-state index in [-0.39, 0.29) is 41.6 Å². The fraction of sp³-hybridized carbons (Fsp3) is 0.458. The molecule has 2 aromatic heterocycles. The Morgan fingerprint density at radius 2 is 1.88 bits per heavy atom. The Bertz CT molecular complexity index is 1360. The molecule has 0 unspecified atom stereocenters. The van der Waals surface area contributed by atoms with Crippen LogP contribution >= 0.6 is 11.3 Å². The lowest BCUT2D eigenvalue weighted by Crippen LogP contribution is -2.49. The van der Waals surface area contributed by atoms with Crippen molar-refractivity contribution in [3.05, 3.63) is 52.6 Å². The van der Waals surface area contributed by atoms with Gasteiger partial charge in [-0.15, -0.1) is 11.3 Å². The molecule has 5 rings (SSSR count). The van der Waals surface area contributed by atoms with E-state index in [4.69, 9.17) is 0 Å². The Morgan fingerprint density at radius 1 is 1.15 bits per heavy atom. The van der Waals surface area contributed by atoms with Crippen molar-refractivity contribution in [2.45, 2.75) is 57.7 Å². The number of aryl methyl sites for hydroxylation is 1. The van der Waals surface area contributed by atoms with Crippen LogP contribution in [0.1, 0.15) is 37.7 Å². The first-order valence-corrected chi connectivity index (χ1v) is 14.0. The summed E-state index contributed by atoms with van der Waals surface area (Å²) in [5.74, 6) is -0.0489. The molecule has 3 heterocycles. The van der Waals surface area contributed by atoms with E-state index in [9.17, 15) is 18.0 Å². The molecule has 174 valence electrons. The van der Waals surface area contributed by atoms with Gasteiger partial charge in [0.25, 0.3) is 5.56 Å². The van der Waals surface area contributed by atoms with Crippen molar-refractivity contribution in [3.63, 3.8) is 0 Å². The molecule has 0 N–H and O–H groups in total. The highest BCUT2D eigenvalue weighted by atomic mass is 32.2. The fourth-order valence-corrected chi connectivity index (χ4v) is 8.10. The molecular formula is C24H27N3O4S2. The number of carbonyl (C=O) groups is 1. The molecule has 1 saturated heterocycles. The Morgan fingerprint density at radius 3 is 2.55 bits per heavy atom. The molecule has 1 aromatic carbocycles. The van der Waals surface area contributed by atoms with Gasteiger partial charge in [-0.3, -0.25) is 14.2 Å². The zero-order valence-corrected chi connectivity index (χ0v) is 20.2. The van der Waals surface area contributed by atoms with Crippen LogP contribution in [0.2, 0.25) is 0 Å². The van der Waals surface area contributed by atoms with E-state index >= 15 is 0 Å². The van der Waals surface area contributed by atoms with Crippen molar-refractivity contribution in [1.82, 2.24) is 14.5 Å². The van der Waals surface area contributed by atoms with Crippen LogP contribution in [-0.2, 0) is 21.2 Å². The molecule has 33 heavy (non-hydrogen) atoms. The summed E-state index contributed by atoms with van der Waals surface area (Å²) in [4.78, 5) is 34.7. The minimum absolute atomic E-state index is 0.0193. The van der Waals surface area contributed by atoms with Gasteiger partial charge in [0, 0.05) is 17.0 Å². The molecule has 1 saturated carbocycles. The molecule has 1 aliphatic heterocycles. The van der Waals surface area contributed by atoms with E-state index in [1.807, 2.05) is 37.3 Å². The lowest BCUT2D eigenvalue weighted by molar-refractivity contribution is -0.136. The average molecular weight is 486 g/mol. The minimum Gasteiger partial charge on any atom is -0.334 e. The van der Waals surface area contributed by atoms with Gasteiger partial charge in [-0.1, -0.05) is 43.2 Å². The van der Waals surface area contributed by atoms with Crippen LogP contribution in [0.15, 0.2) is 41.5 Å². The standard InChI is InChI=1S/C24H27N3O4S2/c1-16-21-23(32-22(16)17-7-3-2-4-8-17)25-15-26(24(21)29)13-20(28)27(18-9-5-6-10-18)19-11-12-33(30,31)14-19/h2-4,7-8,15,18-19H,5-6,9-14H2,1H3/t19-/m1/s1. The molecular weight excluding hydrogens is 458 g/mol. The summed E-state index contributed by atoms with van der Waals surface area (Å²) in [6.07, 6.45) is 5.78. The molecule has 0 radical (unpaired) electrons. The normalized spacial score (nSPS) is 20.5. The highest BCUT2D eigenvalue weighted by molar-refractivity contribution is 7.91. The maximum absolute atomic E-state index is 13.4. The van der Waals surface area contributed by atoms with Crippen LogP contribution in [0.3, 0.4) is 0 Å². The maximum Gasteiger partial charge on any atom is 0.262 e. The number of benzene rings is 1. The Hall–Kier alpha value is -2.52. The number of carbonyl (C=O) groups excluding carboxylic acids is 1. The SMILES string of the molecule is Cc1c(-c2ccccc2)sc2ncn(CC(=O)N(C3CCCC3)[C@@H]3CCS(=O)(=O)C3)c(=O)c12. The third kappa shape index (κ3) is 4.24. The summed E-state index contributed by atoms with van der Waals surface area (Å²) in [7, 11) is -3.12. The van der Waals surface area contributed by atoms with Crippen LogP contribution in [-0.4, -0.2) is 52.4 Å². The van der Waals surface area contributed by atoms with E-state index in [2.05, 4.69) is 4.98 Å². The van der Waals surface area contributed by atoms with Gasteiger partial charge in [-0.05, 0) is 37.3 Å². The van der Waals surface area contributed by atoms with Gasteiger partial charge in [-0.2, -0.15) is 0 Å². The van der Waals surface area contributed by atoms with Crippen LogP contribution in [0, 0.1) is 6.92 Å². The van der Waals surface area contributed by atoms with Crippen molar-refractivity contribution < 1.29 is 13.2 Å². The molecule has 7 nitrogen and oxygen atoms in total. The molecule has 1 amide bonds. The van der Waals surface area contributed by atoms with Crippen LogP contribution in [0.5, 0.6) is 0 Å². The first-order chi connectivity index (χ1) is 15.8. The molecule has 1 atom stereocenters. The van der Waals surface area contributed by atoms with Crippen molar-refractivity contribution in [1.29, 1.82) is 0 Å². The van der Waals surface area contributed by atoms with Gasteiger partial charge in [0.15, 0.2) is 9.84 Å². The first kappa shape index (κ1) is 22.3. The summed E-state index contributed by atoms with van der Waals surface area (Å²) in [5, 5.41) is 0.546. The highest BCUT2D eigenvalue weighted by Gasteiger charge is 2.39. The number of amides is 1. The van der Waals surface area contributed by atoms with Gasteiger partial charge in [0.2, 0.25) is 5.91 Å². The molecule has 3 aromatic rings. The molecule has 2 aliphatic rings. The number of sulfone groups is 1. The molecule has 0 spiro atoms. The molecule has 1 aliphatic carbocycles.